The van der Waals surface area contributed by atoms with Gasteiger partial charge >= 0.3 is 5.92 Å². The van der Waals surface area contributed by atoms with Crippen LogP contribution in [0.15, 0.2) is 96.0 Å². The Balaban J connectivity index is 1.76. The summed E-state index contributed by atoms with van der Waals surface area (Å²) in [6.07, 6.45) is 0. The summed E-state index contributed by atoms with van der Waals surface area (Å²) in [5.41, 5.74) is 5.62. The Labute approximate surface area is 235 Å². The first-order chi connectivity index (χ1) is 19.6. The van der Waals surface area contributed by atoms with E-state index in [0.717, 1.165) is 24.6 Å². The molecule has 5 rings (SSSR count). The molecule has 212 valence electrons. The number of amidine groups is 1. The van der Waals surface area contributed by atoms with Crippen molar-refractivity contribution >= 4 is 11.8 Å². The van der Waals surface area contributed by atoms with E-state index in [9.17, 15) is 4.39 Å². The molecule has 0 radical (unpaired) electrons. The van der Waals surface area contributed by atoms with Crippen molar-refractivity contribution in [2.75, 3.05) is 20.8 Å². The fourth-order valence-electron chi connectivity index (χ4n) is 4.95. The number of aromatic nitrogens is 1. The van der Waals surface area contributed by atoms with E-state index < -0.39 is 35.1 Å². The topological polar surface area (TPSA) is 88.8 Å². The van der Waals surface area contributed by atoms with Crippen molar-refractivity contribution in [1.82, 2.24) is 10.3 Å². The van der Waals surface area contributed by atoms with Crippen molar-refractivity contribution in [3.63, 3.8) is 0 Å². The fourth-order valence-corrected chi connectivity index (χ4v) is 4.95. The van der Waals surface area contributed by atoms with Gasteiger partial charge in [0.1, 0.15) is 22.9 Å². The monoisotopic (exact) mass is 561 g/mol. The largest absolute Gasteiger partial charge is 0.497 e. The average molecular weight is 562 g/mol. The molecule has 1 unspecified atom stereocenters. The van der Waals surface area contributed by atoms with Crippen LogP contribution in [0.5, 0.6) is 11.5 Å². The van der Waals surface area contributed by atoms with E-state index in [1.54, 1.807) is 32.4 Å². The SMILES string of the molecule is COc1ccc(C(NC2=N[C@](C)(c3nc([NH-])ccc3F)C(F)(F)CO2)(c2ccccc2)c2cccc(OC)c2)cc1. The lowest BCUT2D eigenvalue weighted by atomic mass is 9.77. The molecule has 7 nitrogen and oxygen atoms in total. The Hall–Kier alpha value is -4.73. The number of methoxy groups -OCH3 is 2. The highest BCUT2D eigenvalue weighted by Crippen LogP contribution is 2.45. The predicted octanol–water partition coefficient (Wildman–Crippen LogP) is 6.74. The van der Waals surface area contributed by atoms with Gasteiger partial charge in [0.2, 0.25) is 0 Å². The quantitative estimate of drug-likeness (QED) is 0.253. The van der Waals surface area contributed by atoms with Crippen molar-refractivity contribution in [3.05, 3.63) is 125 Å². The van der Waals surface area contributed by atoms with E-state index in [-0.39, 0.29) is 11.8 Å². The third kappa shape index (κ3) is 4.90. The van der Waals surface area contributed by atoms with E-state index in [2.05, 4.69) is 15.3 Å². The highest BCUT2D eigenvalue weighted by atomic mass is 19.3. The molecule has 4 aromatic rings. The van der Waals surface area contributed by atoms with Crippen molar-refractivity contribution in [3.8, 4) is 11.5 Å². The second-order valence-electron chi connectivity index (χ2n) is 9.71. The van der Waals surface area contributed by atoms with E-state index in [4.69, 9.17) is 19.9 Å². The van der Waals surface area contributed by atoms with Gasteiger partial charge in [-0.1, -0.05) is 66.5 Å². The van der Waals surface area contributed by atoms with Gasteiger partial charge in [-0.05, 0) is 53.9 Å². The van der Waals surface area contributed by atoms with Crippen molar-refractivity contribution < 1.29 is 27.4 Å². The molecule has 1 aromatic heterocycles. The van der Waals surface area contributed by atoms with Crippen LogP contribution in [-0.2, 0) is 15.8 Å². The van der Waals surface area contributed by atoms with Crippen LogP contribution in [0.2, 0.25) is 0 Å². The van der Waals surface area contributed by atoms with Gasteiger partial charge in [0.05, 0.1) is 14.2 Å². The maximum atomic E-state index is 15.4. The van der Waals surface area contributed by atoms with Gasteiger partial charge in [-0.25, -0.2) is 9.38 Å². The fraction of sp³-hybridized carbons (Fsp3) is 0.226. The minimum atomic E-state index is -3.63. The summed E-state index contributed by atoms with van der Waals surface area (Å²) in [6, 6.07) is 25.7. The summed E-state index contributed by atoms with van der Waals surface area (Å²) in [7, 11) is 3.11. The van der Waals surface area contributed by atoms with Gasteiger partial charge in [-0.3, -0.25) is 0 Å². The Kier molecular flexibility index (Phi) is 7.25. The van der Waals surface area contributed by atoms with Gasteiger partial charge in [-0.2, -0.15) is 8.78 Å². The summed E-state index contributed by atoms with van der Waals surface area (Å²) < 4.78 is 62.2. The number of benzene rings is 3. The molecule has 41 heavy (non-hydrogen) atoms. The highest BCUT2D eigenvalue weighted by Gasteiger charge is 2.56. The van der Waals surface area contributed by atoms with E-state index >= 15 is 8.78 Å². The zero-order valence-electron chi connectivity index (χ0n) is 22.6. The lowest BCUT2D eigenvalue weighted by molar-refractivity contribution is -0.119. The van der Waals surface area contributed by atoms with Crippen molar-refractivity contribution in [2.24, 2.45) is 4.99 Å². The Morgan fingerprint density at radius 1 is 0.854 bits per heavy atom. The number of ether oxygens (including phenoxy) is 3. The Morgan fingerprint density at radius 3 is 2.20 bits per heavy atom. The Morgan fingerprint density at radius 2 is 1.51 bits per heavy atom. The number of pyridine rings is 1. The minimum absolute atomic E-state index is 0.252. The van der Waals surface area contributed by atoms with Crippen LogP contribution >= 0.6 is 0 Å². The molecule has 2 N–H and O–H groups in total. The number of halogens is 3. The summed E-state index contributed by atoms with van der Waals surface area (Å²) in [6.45, 7) is -0.00451. The van der Waals surface area contributed by atoms with Crippen LogP contribution in [0.25, 0.3) is 5.73 Å². The normalized spacial score (nSPS) is 19.3. The zero-order chi connectivity index (χ0) is 29.3. The van der Waals surface area contributed by atoms with Crippen LogP contribution in [-0.4, -0.2) is 37.8 Å². The van der Waals surface area contributed by atoms with E-state index in [1.807, 2.05) is 60.7 Å². The molecule has 0 aliphatic carbocycles. The summed E-state index contributed by atoms with van der Waals surface area (Å²) in [4.78, 5) is 8.07. The number of nitrogens with zero attached hydrogens (tertiary/aromatic N) is 2. The second-order valence-corrected chi connectivity index (χ2v) is 9.71. The number of hydrogen-bond donors (Lipinski definition) is 1. The summed E-state index contributed by atoms with van der Waals surface area (Å²) in [5.74, 6) is -3.80. The minimum Gasteiger partial charge on any atom is -0.497 e. The first-order valence-electron chi connectivity index (χ1n) is 12.7. The Bertz CT molecular complexity index is 1570. The lowest BCUT2D eigenvalue weighted by Crippen LogP contribution is -2.56. The number of alkyl halides is 2. The van der Waals surface area contributed by atoms with E-state index in [1.165, 1.54) is 0 Å². The van der Waals surface area contributed by atoms with E-state index in [0.29, 0.717) is 22.6 Å². The average Bonchev–Trinajstić information content (AvgIpc) is 2.99. The third-order valence-electron chi connectivity index (χ3n) is 7.26. The molecule has 10 heteroatoms. The summed E-state index contributed by atoms with van der Waals surface area (Å²) >= 11 is 0. The molecule has 1 aliphatic heterocycles. The maximum absolute atomic E-state index is 15.4. The molecule has 0 saturated carbocycles. The standard InChI is InChI=1S/C31H28F3N4O3/c1-29(27-25(32)16-17-26(35)36-27)30(33,34)19-41-28(37-29)38-31(20-8-5-4-6-9-20,21-12-14-23(39-2)15-13-21)22-10-7-11-24(18-22)40-3/h4-18H,19H2,1-3H3,(H2-,35,36,37,38)/q-1/t29-,31?/m1/s1. The number of nitrogens with one attached hydrogen (secondary N) is 2. The smallest absolute Gasteiger partial charge is 0.309 e. The first kappa shape index (κ1) is 27.8. The molecule has 2 heterocycles. The number of aliphatic imine (C=N–C) groups is 1. The van der Waals surface area contributed by atoms with Crippen LogP contribution in [0.1, 0.15) is 29.3 Å². The molecule has 0 fully saturated rings. The van der Waals surface area contributed by atoms with Gasteiger partial charge in [0.15, 0.2) is 12.1 Å². The molecule has 2 atom stereocenters. The summed E-state index contributed by atoms with van der Waals surface area (Å²) in [5, 5.41) is 3.30. The maximum Gasteiger partial charge on any atom is 0.309 e. The first-order valence-corrected chi connectivity index (χ1v) is 12.7. The molecule has 0 spiro atoms. The molecule has 1 aliphatic rings. The van der Waals surface area contributed by atoms with Crippen molar-refractivity contribution in [1.29, 1.82) is 0 Å². The highest BCUT2D eigenvalue weighted by molar-refractivity contribution is 5.79. The molecule has 0 amide bonds. The lowest BCUT2D eigenvalue weighted by Gasteiger charge is -2.43. The predicted molar refractivity (Wildman–Crippen MR) is 149 cm³/mol. The molecule has 3 aromatic carbocycles. The number of rotatable bonds is 7. The third-order valence-corrected chi connectivity index (χ3v) is 7.26. The molecule has 0 bridgehead atoms. The number of hydrogen-bond acceptors (Lipinski definition) is 6. The van der Waals surface area contributed by atoms with Crippen molar-refractivity contribution in [2.45, 2.75) is 23.9 Å². The van der Waals surface area contributed by atoms with Crippen LogP contribution in [0.3, 0.4) is 0 Å². The molecular weight excluding hydrogens is 533 g/mol. The molecule has 0 saturated heterocycles. The van der Waals surface area contributed by atoms with Gasteiger partial charge in [-0.15, -0.1) is 0 Å². The van der Waals surface area contributed by atoms with Crippen LogP contribution in [0.4, 0.5) is 19.0 Å². The van der Waals surface area contributed by atoms with Crippen LogP contribution < -0.4 is 14.8 Å². The van der Waals surface area contributed by atoms with Gasteiger partial charge < -0.3 is 30.2 Å². The zero-order valence-corrected chi connectivity index (χ0v) is 22.6. The van der Waals surface area contributed by atoms with Gasteiger partial charge in [0.25, 0.3) is 6.02 Å². The van der Waals surface area contributed by atoms with Crippen LogP contribution in [0, 0.1) is 5.82 Å². The van der Waals surface area contributed by atoms with Gasteiger partial charge in [0, 0.05) is 5.69 Å². The second kappa shape index (κ2) is 10.7. The molecular formula is C31H28F3N4O3-.